The summed E-state index contributed by atoms with van der Waals surface area (Å²) in [5.74, 6) is -0.185. The third kappa shape index (κ3) is 2.00. The predicted molar refractivity (Wildman–Crippen MR) is 63.5 cm³/mol. The number of amides is 1. The summed E-state index contributed by atoms with van der Waals surface area (Å²) in [5, 5.41) is 16.0. The van der Waals surface area contributed by atoms with Gasteiger partial charge in [-0.2, -0.15) is 5.10 Å². The third-order valence-electron chi connectivity index (χ3n) is 3.29. The molecular weight excluding hydrogens is 220 g/mol. The summed E-state index contributed by atoms with van der Waals surface area (Å²) in [7, 11) is 0. The summed E-state index contributed by atoms with van der Waals surface area (Å²) < 4.78 is 0. The molecule has 1 aliphatic heterocycles. The summed E-state index contributed by atoms with van der Waals surface area (Å²) in [4.78, 5) is 13.9. The van der Waals surface area contributed by atoms with Crippen molar-refractivity contribution in [3.63, 3.8) is 0 Å². The molecule has 1 aliphatic rings. The van der Waals surface area contributed by atoms with E-state index in [1.807, 2.05) is 6.92 Å². The van der Waals surface area contributed by atoms with Gasteiger partial charge < -0.3 is 15.7 Å². The van der Waals surface area contributed by atoms with Crippen LogP contribution in [0.3, 0.4) is 0 Å². The molecule has 1 atom stereocenters. The lowest BCUT2D eigenvalue weighted by atomic mass is 10.2. The van der Waals surface area contributed by atoms with Gasteiger partial charge in [0.25, 0.3) is 5.91 Å². The number of H-pyrrole nitrogens is 1. The highest BCUT2D eigenvalue weighted by atomic mass is 16.3. The lowest BCUT2D eigenvalue weighted by Crippen LogP contribution is -2.38. The molecule has 1 aromatic rings. The van der Waals surface area contributed by atoms with Crippen molar-refractivity contribution in [1.82, 2.24) is 15.1 Å². The van der Waals surface area contributed by atoms with Gasteiger partial charge in [0, 0.05) is 6.54 Å². The van der Waals surface area contributed by atoms with Crippen molar-refractivity contribution in [2.24, 2.45) is 0 Å². The molecule has 2 heterocycles. The molecular formula is C11H18N4O2. The Morgan fingerprint density at radius 3 is 3.06 bits per heavy atom. The molecule has 0 spiro atoms. The molecule has 2 rings (SSSR count). The van der Waals surface area contributed by atoms with E-state index in [0.29, 0.717) is 12.2 Å². The zero-order valence-electron chi connectivity index (χ0n) is 9.94. The predicted octanol–water partition coefficient (Wildman–Crippen LogP) is 0.151. The molecule has 1 fully saturated rings. The van der Waals surface area contributed by atoms with E-state index in [4.69, 9.17) is 5.73 Å². The first-order valence-electron chi connectivity index (χ1n) is 5.93. The van der Waals surface area contributed by atoms with Crippen LogP contribution in [0, 0.1) is 0 Å². The van der Waals surface area contributed by atoms with Gasteiger partial charge in [-0.1, -0.05) is 6.92 Å². The topological polar surface area (TPSA) is 95.2 Å². The van der Waals surface area contributed by atoms with Gasteiger partial charge >= 0.3 is 0 Å². The number of nitrogen functional groups attached to an aromatic ring is 1. The quantitative estimate of drug-likeness (QED) is 0.698. The number of aryl methyl sites for hydroxylation is 1. The van der Waals surface area contributed by atoms with E-state index < -0.39 is 0 Å². The van der Waals surface area contributed by atoms with Crippen LogP contribution in [-0.4, -0.2) is 45.3 Å². The van der Waals surface area contributed by atoms with Crippen LogP contribution in [0.5, 0.6) is 0 Å². The van der Waals surface area contributed by atoms with Gasteiger partial charge in [-0.15, -0.1) is 0 Å². The van der Waals surface area contributed by atoms with Crippen LogP contribution in [0.25, 0.3) is 0 Å². The zero-order chi connectivity index (χ0) is 12.4. The van der Waals surface area contributed by atoms with Crippen molar-refractivity contribution in [1.29, 1.82) is 0 Å². The number of anilines is 1. The number of aromatic nitrogens is 2. The van der Waals surface area contributed by atoms with Crippen molar-refractivity contribution < 1.29 is 9.90 Å². The summed E-state index contributed by atoms with van der Waals surface area (Å²) in [6.45, 7) is 2.61. The monoisotopic (exact) mass is 238 g/mol. The molecule has 0 saturated carbocycles. The van der Waals surface area contributed by atoms with Crippen LogP contribution in [0.2, 0.25) is 0 Å². The van der Waals surface area contributed by atoms with Crippen LogP contribution in [0.15, 0.2) is 0 Å². The van der Waals surface area contributed by atoms with Gasteiger partial charge in [-0.3, -0.25) is 9.89 Å². The Hall–Kier alpha value is -1.56. The Kier molecular flexibility index (Phi) is 3.33. The smallest absolute Gasteiger partial charge is 0.276 e. The van der Waals surface area contributed by atoms with Gasteiger partial charge in [0.2, 0.25) is 0 Å². The first-order valence-corrected chi connectivity index (χ1v) is 5.93. The minimum atomic E-state index is -0.185. The van der Waals surface area contributed by atoms with Crippen LogP contribution in [0.4, 0.5) is 5.69 Å². The van der Waals surface area contributed by atoms with Crippen molar-refractivity contribution >= 4 is 11.6 Å². The number of aliphatic hydroxyl groups is 1. The summed E-state index contributed by atoms with van der Waals surface area (Å²) in [6, 6.07) is -0.0938. The fraction of sp³-hybridized carbons (Fsp3) is 0.636. The van der Waals surface area contributed by atoms with Crippen molar-refractivity contribution in [3.05, 3.63) is 11.4 Å². The van der Waals surface area contributed by atoms with Gasteiger partial charge in [0.15, 0.2) is 5.69 Å². The second-order valence-corrected chi connectivity index (χ2v) is 4.30. The maximum atomic E-state index is 12.2. The van der Waals surface area contributed by atoms with Crippen molar-refractivity contribution in [3.8, 4) is 0 Å². The van der Waals surface area contributed by atoms with Gasteiger partial charge in [-0.05, 0) is 19.3 Å². The number of aliphatic hydroxyl groups excluding tert-OH is 1. The normalized spacial score (nSPS) is 19.9. The van der Waals surface area contributed by atoms with E-state index >= 15 is 0 Å². The van der Waals surface area contributed by atoms with E-state index in [0.717, 1.165) is 25.0 Å². The van der Waals surface area contributed by atoms with E-state index in [1.165, 1.54) is 0 Å². The number of aromatic amines is 1. The molecule has 1 amide bonds. The fourth-order valence-electron chi connectivity index (χ4n) is 2.25. The summed E-state index contributed by atoms with van der Waals surface area (Å²) in [5.41, 5.74) is 7.36. The SMILES string of the molecule is CCc1[nH]nc(C(=O)N2CCC[C@H]2CO)c1N. The Bertz CT molecular complexity index is 416. The Balaban J connectivity index is 2.21. The average Bonchev–Trinajstić information content (AvgIpc) is 2.94. The molecule has 6 heteroatoms. The second-order valence-electron chi connectivity index (χ2n) is 4.30. The molecule has 1 saturated heterocycles. The van der Waals surface area contributed by atoms with Crippen LogP contribution in [0.1, 0.15) is 35.9 Å². The molecule has 0 aromatic carbocycles. The molecule has 0 unspecified atom stereocenters. The minimum absolute atomic E-state index is 0.00327. The first-order chi connectivity index (χ1) is 8.19. The highest BCUT2D eigenvalue weighted by Crippen LogP contribution is 2.22. The molecule has 4 N–H and O–H groups in total. The maximum absolute atomic E-state index is 12.2. The van der Waals surface area contributed by atoms with E-state index in [1.54, 1.807) is 4.90 Å². The Labute approximate surface area is 99.8 Å². The molecule has 0 bridgehead atoms. The Morgan fingerprint density at radius 2 is 2.47 bits per heavy atom. The lowest BCUT2D eigenvalue weighted by molar-refractivity contribution is 0.0673. The number of hydrogen-bond acceptors (Lipinski definition) is 4. The summed E-state index contributed by atoms with van der Waals surface area (Å²) in [6.07, 6.45) is 2.48. The molecule has 17 heavy (non-hydrogen) atoms. The molecule has 94 valence electrons. The second kappa shape index (κ2) is 4.75. The highest BCUT2D eigenvalue weighted by Gasteiger charge is 2.31. The number of likely N-dealkylation sites (tertiary alicyclic amines) is 1. The van der Waals surface area contributed by atoms with Crippen LogP contribution < -0.4 is 5.73 Å². The maximum Gasteiger partial charge on any atom is 0.276 e. The number of nitrogens with one attached hydrogen (secondary N) is 1. The van der Waals surface area contributed by atoms with E-state index in [-0.39, 0.29) is 24.2 Å². The number of nitrogens with two attached hydrogens (primary N) is 1. The lowest BCUT2D eigenvalue weighted by Gasteiger charge is -2.22. The molecule has 6 nitrogen and oxygen atoms in total. The summed E-state index contributed by atoms with van der Waals surface area (Å²) >= 11 is 0. The number of carbonyl (C=O) groups is 1. The highest BCUT2D eigenvalue weighted by molar-refractivity contribution is 5.98. The van der Waals surface area contributed by atoms with E-state index in [9.17, 15) is 9.90 Å². The Morgan fingerprint density at radius 1 is 1.71 bits per heavy atom. The standard InChI is InChI=1S/C11H18N4O2/c1-2-8-9(12)10(14-13-8)11(17)15-5-3-4-7(15)6-16/h7,16H,2-6,12H2,1H3,(H,13,14)/t7-/m0/s1. The molecule has 0 aliphatic carbocycles. The van der Waals surface area contributed by atoms with E-state index in [2.05, 4.69) is 10.2 Å². The van der Waals surface area contributed by atoms with Crippen molar-refractivity contribution in [2.45, 2.75) is 32.2 Å². The zero-order valence-corrected chi connectivity index (χ0v) is 9.94. The average molecular weight is 238 g/mol. The fourth-order valence-corrected chi connectivity index (χ4v) is 2.25. The first kappa shape index (κ1) is 11.9. The number of rotatable bonds is 3. The number of carbonyl (C=O) groups excluding carboxylic acids is 1. The minimum Gasteiger partial charge on any atom is -0.395 e. The van der Waals surface area contributed by atoms with Gasteiger partial charge in [0.05, 0.1) is 24.0 Å². The molecule has 1 aromatic heterocycles. The number of nitrogens with zero attached hydrogens (tertiary/aromatic N) is 2. The number of hydrogen-bond donors (Lipinski definition) is 3. The largest absolute Gasteiger partial charge is 0.395 e. The molecule has 0 radical (unpaired) electrons. The van der Waals surface area contributed by atoms with Crippen LogP contribution in [-0.2, 0) is 6.42 Å². The van der Waals surface area contributed by atoms with Crippen molar-refractivity contribution in [2.75, 3.05) is 18.9 Å². The van der Waals surface area contributed by atoms with Crippen LogP contribution >= 0.6 is 0 Å². The van der Waals surface area contributed by atoms with Gasteiger partial charge in [-0.25, -0.2) is 0 Å². The van der Waals surface area contributed by atoms with Gasteiger partial charge in [0.1, 0.15) is 0 Å². The third-order valence-corrected chi connectivity index (χ3v) is 3.29.